The lowest BCUT2D eigenvalue weighted by Gasteiger charge is -2.29. The topological polar surface area (TPSA) is 351 Å². The second kappa shape index (κ2) is 28.9. The molecule has 0 aliphatic carbocycles. The van der Waals surface area contributed by atoms with Gasteiger partial charge in [-0.3, -0.25) is 38.4 Å². The highest BCUT2D eigenvalue weighted by molar-refractivity contribution is 8.76. The summed E-state index contributed by atoms with van der Waals surface area (Å²) in [5, 5.41) is 31.3. The van der Waals surface area contributed by atoms with Crippen molar-refractivity contribution in [2.24, 2.45) is 23.1 Å². The molecule has 4 aromatic carbocycles. The number of phenolic OH excluding ortho intramolecular Hbond substituents is 1. The van der Waals surface area contributed by atoms with Crippen LogP contribution in [0.5, 0.6) is 5.75 Å². The third-order valence-electron chi connectivity index (χ3n) is 13.8. The number of unbranched alkanes of at least 4 members (excludes halogenated alkanes) is 1. The van der Waals surface area contributed by atoms with Crippen LogP contribution in [0.2, 0.25) is 0 Å². The molecular weight excluding hydrogens is 1060 g/mol. The Balaban J connectivity index is 1.25. The van der Waals surface area contributed by atoms with Gasteiger partial charge in [0.1, 0.15) is 48.0 Å². The molecule has 1 aliphatic heterocycles. The summed E-state index contributed by atoms with van der Waals surface area (Å²) in [6.45, 7) is 3.68. The van der Waals surface area contributed by atoms with Crippen LogP contribution in [-0.2, 0) is 64.0 Å². The summed E-state index contributed by atoms with van der Waals surface area (Å²) in [6.07, 6.45) is 4.31. The van der Waals surface area contributed by atoms with Crippen LogP contribution in [0.3, 0.4) is 0 Å². The van der Waals surface area contributed by atoms with Gasteiger partial charge in [-0.15, -0.1) is 0 Å². The summed E-state index contributed by atoms with van der Waals surface area (Å²) in [7, 11) is 2.13. The van der Waals surface area contributed by atoms with Gasteiger partial charge in [0.05, 0.1) is 6.04 Å². The summed E-state index contributed by atoms with van der Waals surface area (Å²) in [5.41, 5.74) is 22.4. The average Bonchev–Trinajstić information content (AvgIpc) is 4.06. The number of carbonyl (C=O) groups is 8. The van der Waals surface area contributed by atoms with Gasteiger partial charge in [-0.1, -0.05) is 114 Å². The number of fused-ring (bicyclic) bond motifs is 2. The highest BCUT2D eigenvalue weighted by Gasteiger charge is 2.36. The number of benzene rings is 4. The second-order valence-electron chi connectivity index (χ2n) is 20.1. The van der Waals surface area contributed by atoms with Crippen molar-refractivity contribution in [2.45, 2.75) is 107 Å². The maximum absolute atomic E-state index is 14.9. The van der Waals surface area contributed by atoms with Gasteiger partial charge < -0.3 is 69.5 Å². The maximum Gasteiger partial charge on any atom is 0.244 e. The lowest BCUT2D eigenvalue weighted by Crippen LogP contribution is -2.61. The number of hydrogen-bond donors (Lipinski definition) is 13. The fourth-order valence-corrected chi connectivity index (χ4v) is 11.6. The Morgan fingerprint density at radius 1 is 0.637 bits per heavy atom. The van der Waals surface area contributed by atoms with Crippen LogP contribution in [0.1, 0.15) is 55.4 Å². The smallest absolute Gasteiger partial charge is 0.244 e. The standard InChI is InChI=1S/C57H70N12O9S2/c1-32(2)49-57(78)68-48(55(76)64-44(50(60)71)26-35-28-61-41-16-8-6-14-38(35)41)31-80-79-30-47(67-51(72)40(59)24-33-12-4-3-5-13-33)56(77)65-45(25-34-19-21-37(70)22-20-34)53(74)66-46(27-36-29-62-42-17-9-7-15-39(36)42)54(75)63-43(52(73)69-49)18-10-11-23-58/h3-9,12-17,19-22,28-29,32,40,43-49,61-62,70H,10-11,18,23-27,30-31,58-59H2,1-2H3,(H2,60,71)(H,63,75)(H,64,76)(H,65,77)(H,66,74)(H,67,72)(H,68,78)(H,69,73)/t40-,43+,44+,45+,46-,47+,48+,49?/m1/s1. The van der Waals surface area contributed by atoms with E-state index in [4.69, 9.17) is 17.2 Å². The normalized spacial score (nSPS) is 20.8. The monoisotopic (exact) mass is 1130 g/mol. The van der Waals surface area contributed by atoms with E-state index in [-0.39, 0.29) is 55.9 Å². The summed E-state index contributed by atoms with van der Waals surface area (Å²) < 4.78 is 0. The molecule has 0 radical (unpaired) electrons. The van der Waals surface area contributed by atoms with Crippen LogP contribution < -0.4 is 54.4 Å². The molecular formula is C57H70N12O9S2. The number of H-pyrrole nitrogens is 2. The van der Waals surface area contributed by atoms with Gasteiger partial charge >= 0.3 is 0 Å². The molecule has 7 rings (SSSR count). The molecule has 80 heavy (non-hydrogen) atoms. The molecule has 6 aromatic rings. The quantitative estimate of drug-likeness (QED) is 0.0433. The molecule has 8 amide bonds. The third kappa shape index (κ3) is 16.6. The Hall–Kier alpha value is -7.86. The molecule has 1 unspecified atom stereocenters. The minimum atomic E-state index is -1.40. The first-order valence-corrected chi connectivity index (χ1v) is 29.0. The van der Waals surface area contributed by atoms with Gasteiger partial charge in [0.15, 0.2) is 0 Å². The number of phenols is 1. The molecule has 23 heteroatoms. The minimum Gasteiger partial charge on any atom is -0.508 e. The zero-order chi connectivity index (χ0) is 57.3. The molecule has 1 fully saturated rings. The highest BCUT2D eigenvalue weighted by Crippen LogP contribution is 2.25. The van der Waals surface area contributed by atoms with Crippen molar-refractivity contribution in [2.75, 3.05) is 18.1 Å². The Labute approximate surface area is 471 Å². The maximum atomic E-state index is 14.9. The SMILES string of the molecule is CC(C)C1NC(=O)[C@H](CCCCN)NC(=O)[C@@H](Cc2c[nH]c3ccccc23)NC(=O)[C@H](Cc2ccc(O)cc2)NC(=O)[C@@H](NC(=O)[C@H](N)Cc2ccccc2)CSSC[C@@H](C(=O)N[C@@H](Cc2c[nH]c3ccccc23)C(N)=O)NC1=O. The molecule has 0 spiro atoms. The van der Waals surface area contributed by atoms with Gasteiger partial charge in [-0.05, 0) is 84.7 Å². The van der Waals surface area contributed by atoms with Gasteiger partial charge in [0, 0.05) is 65.0 Å². The van der Waals surface area contributed by atoms with Crippen LogP contribution in [-0.4, -0.2) is 129 Å². The lowest BCUT2D eigenvalue weighted by molar-refractivity contribution is -0.136. The first-order chi connectivity index (χ1) is 38.5. The number of nitrogens with one attached hydrogen (secondary N) is 9. The molecule has 2 aromatic heterocycles. The number of primary amides is 1. The average molecular weight is 1130 g/mol. The fraction of sp³-hybridized carbons (Fsp3) is 0.368. The number of aromatic hydroxyl groups is 1. The number of hydrogen-bond acceptors (Lipinski definition) is 13. The van der Waals surface area contributed by atoms with E-state index in [1.165, 1.54) is 12.1 Å². The third-order valence-corrected chi connectivity index (χ3v) is 16.2. The molecule has 0 saturated carbocycles. The van der Waals surface area contributed by atoms with E-state index in [0.717, 1.165) is 49.0 Å². The highest BCUT2D eigenvalue weighted by atomic mass is 33.1. The first-order valence-electron chi connectivity index (χ1n) is 26.5. The summed E-state index contributed by atoms with van der Waals surface area (Å²) in [6, 6.07) is 19.5. The zero-order valence-electron chi connectivity index (χ0n) is 44.5. The van der Waals surface area contributed by atoms with E-state index < -0.39 is 102 Å². The van der Waals surface area contributed by atoms with Crippen molar-refractivity contribution in [3.05, 3.63) is 138 Å². The van der Waals surface area contributed by atoms with E-state index in [1.54, 1.807) is 50.5 Å². The van der Waals surface area contributed by atoms with E-state index in [1.807, 2.05) is 66.7 Å². The molecule has 16 N–H and O–H groups in total. The molecule has 0 bridgehead atoms. The van der Waals surface area contributed by atoms with E-state index >= 15 is 0 Å². The van der Waals surface area contributed by atoms with Crippen molar-refractivity contribution in [3.8, 4) is 5.75 Å². The number of para-hydroxylation sites is 2. The molecule has 1 saturated heterocycles. The Bertz CT molecular complexity index is 3120. The zero-order valence-corrected chi connectivity index (χ0v) is 46.1. The van der Waals surface area contributed by atoms with Crippen molar-refractivity contribution >= 4 is 90.7 Å². The van der Waals surface area contributed by atoms with Crippen LogP contribution in [0.4, 0.5) is 0 Å². The number of carbonyl (C=O) groups excluding carboxylic acids is 8. The Kier molecular flexibility index (Phi) is 21.6. The number of aromatic amines is 2. The van der Waals surface area contributed by atoms with Crippen LogP contribution in [0, 0.1) is 5.92 Å². The largest absolute Gasteiger partial charge is 0.508 e. The van der Waals surface area contributed by atoms with E-state index in [0.29, 0.717) is 29.5 Å². The van der Waals surface area contributed by atoms with Gasteiger partial charge in [0.2, 0.25) is 47.3 Å². The first kappa shape index (κ1) is 59.8. The number of aromatic nitrogens is 2. The summed E-state index contributed by atoms with van der Waals surface area (Å²) in [5.74, 6) is -7.07. The van der Waals surface area contributed by atoms with Crippen LogP contribution in [0.15, 0.2) is 116 Å². The molecule has 424 valence electrons. The number of nitrogens with two attached hydrogens (primary N) is 3. The molecule has 1 aliphatic rings. The minimum absolute atomic E-state index is 0.00683. The van der Waals surface area contributed by atoms with Crippen molar-refractivity contribution in [3.63, 3.8) is 0 Å². The predicted molar refractivity (Wildman–Crippen MR) is 309 cm³/mol. The predicted octanol–water partition coefficient (Wildman–Crippen LogP) is 2.01. The van der Waals surface area contributed by atoms with Gasteiger partial charge in [0.25, 0.3) is 0 Å². The van der Waals surface area contributed by atoms with Gasteiger partial charge in [-0.25, -0.2) is 0 Å². The Morgan fingerprint density at radius 3 is 1.86 bits per heavy atom. The second-order valence-corrected chi connectivity index (χ2v) is 22.7. The van der Waals surface area contributed by atoms with Crippen LogP contribution >= 0.6 is 21.6 Å². The Morgan fingerprint density at radius 2 is 1.21 bits per heavy atom. The molecule has 8 atom stereocenters. The van der Waals surface area contributed by atoms with Gasteiger partial charge in [-0.2, -0.15) is 0 Å². The summed E-state index contributed by atoms with van der Waals surface area (Å²) >= 11 is 0. The van der Waals surface area contributed by atoms with Crippen molar-refractivity contribution in [1.82, 2.24) is 47.2 Å². The molecule has 3 heterocycles. The van der Waals surface area contributed by atoms with E-state index in [2.05, 4.69) is 47.2 Å². The number of amides is 8. The van der Waals surface area contributed by atoms with Crippen LogP contribution in [0.25, 0.3) is 21.8 Å². The van der Waals surface area contributed by atoms with Crippen molar-refractivity contribution < 1.29 is 43.5 Å². The summed E-state index contributed by atoms with van der Waals surface area (Å²) in [4.78, 5) is 121. The van der Waals surface area contributed by atoms with E-state index in [9.17, 15) is 43.5 Å². The fourth-order valence-electron chi connectivity index (χ4n) is 9.29. The lowest BCUT2D eigenvalue weighted by atomic mass is 10.00. The van der Waals surface area contributed by atoms with Crippen molar-refractivity contribution in [1.29, 1.82) is 0 Å². The number of rotatable bonds is 18. The molecule has 21 nitrogen and oxygen atoms in total.